The van der Waals surface area contributed by atoms with Crippen molar-refractivity contribution in [3.8, 4) is 11.5 Å². The summed E-state index contributed by atoms with van der Waals surface area (Å²) < 4.78 is 2.03. The Bertz CT molecular complexity index is 855. The molecule has 1 aliphatic rings. The quantitative estimate of drug-likeness (QED) is 0.563. The molecule has 1 aliphatic carbocycles. The van der Waals surface area contributed by atoms with Crippen LogP contribution in [0.5, 0.6) is 0 Å². The van der Waals surface area contributed by atoms with Crippen molar-refractivity contribution in [2.24, 2.45) is 5.92 Å². The van der Waals surface area contributed by atoms with Crippen molar-refractivity contribution < 1.29 is 0 Å². The van der Waals surface area contributed by atoms with Gasteiger partial charge < -0.3 is 0 Å². The van der Waals surface area contributed by atoms with Gasteiger partial charge in [-0.2, -0.15) is 0 Å². The maximum atomic E-state index is 4.48. The molecule has 0 saturated heterocycles. The molecular weight excluding hydrogens is 332 g/mol. The lowest BCUT2D eigenvalue weighted by atomic mass is 10.0. The van der Waals surface area contributed by atoms with Gasteiger partial charge >= 0.3 is 0 Å². The predicted octanol–water partition coefficient (Wildman–Crippen LogP) is 6.08. The van der Waals surface area contributed by atoms with E-state index in [2.05, 4.69) is 41.1 Å². The molecule has 3 aromatic rings. The highest BCUT2D eigenvalue weighted by Crippen LogP contribution is 2.28. The third-order valence-electron chi connectivity index (χ3n) is 5.31. The van der Waals surface area contributed by atoms with Gasteiger partial charge in [0.1, 0.15) is 11.3 Å². The summed E-state index contributed by atoms with van der Waals surface area (Å²) in [5.74, 6) is 1.84. The minimum Gasteiger partial charge on any atom is -0.297 e. The van der Waals surface area contributed by atoms with E-state index in [4.69, 9.17) is 0 Å². The van der Waals surface area contributed by atoms with Crippen LogP contribution in [0.1, 0.15) is 68.8 Å². The topological polar surface area (TPSA) is 43.1 Å². The van der Waals surface area contributed by atoms with Gasteiger partial charge in [-0.3, -0.25) is 4.40 Å². The molecule has 0 unspecified atom stereocenters. The smallest absolute Gasteiger partial charge is 0.178 e. The summed E-state index contributed by atoms with van der Waals surface area (Å²) in [5.41, 5.74) is 4.98. The highest BCUT2D eigenvalue weighted by atomic mass is 15.0. The number of pyridine rings is 1. The largest absolute Gasteiger partial charge is 0.297 e. The van der Waals surface area contributed by atoms with Gasteiger partial charge in [0.25, 0.3) is 0 Å². The highest BCUT2D eigenvalue weighted by molar-refractivity contribution is 5.57. The van der Waals surface area contributed by atoms with Crippen LogP contribution in [-0.4, -0.2) is 19.4 Å². The Labute approximate surface area is 163 Å². The molecule has 27 heavy (non-hydrogen) atoms. The number of nitrogens with zero attached hydrogens (tertiary/aromatic N) is 4. The Morgan fingerprint density at radius 3 is 2.41 bits per heavy atom. The first-order chi connectivity index (χ1) is 13.1. The fourth-order valence-electron chi connectivity index (χ4n) is 3.88. The SMILES string of the molecule is CCCCC1CCCC1.Cc1ccc2ncc(-c3nc(C)cc(C)n3)n2c1. The summed E-state index contributed by atoms with van der Waals surface area (Å²) in [6.07, 6.45) is 14.3. The molecule has 144 valence electrons. The van der Waals surface area contributed by atoms with E-state index in [0.717, 1.165) is 34.5 Å². The number of aromatic nitrogens is 4. The number of rotatable bonds is 4. The Kier molecular flexibility index (Phi) is 6.59. The Morgan fingerprint density at radius 2 is 1.74 bits per heavy atom. The van der Waals surface area contributed by atoms with E-state index in [0.29, 0.717) is 0 Å². The Morgan fingerprint density at radius 1 is 1.04 bits per heavy atom. The van der Waals surface area contributed by atoms with E-state index >= 15 is 0 Å². The van der Waals surface area contributed by atoms with Crippen molar-refractivity contribution in [1.29, 1.82) is 0 Å². The van der Waals surface area contributed by atoms with Gasteiger partial charge in [-0.05, 0) is 44.4 Å². The number of unbranched alkanes of at least 4 members (excludes halogenated alkanes) is 1. The number of hydrogen-bond acceptors (Lipinski definition) is 3. The average Bonchev–Trinajstić information content (AvgIpc) is 3.29. The predicted molar refractivity (Wildman–Crippen MR) is 112 cm³/mol. The summed E-state index contributed by atoms with van der Waals surface area (Å²) in [4.78, 5) is 13.3. The van der Waals surface area contributed by atoms with Crippen LogP contribution >= 0.6 is 0 Å². The zero-order valence-electron chi connectivity index (χ0n) is 17.2. The van der Waals surface area contributed by atoms with Gasteiger partial charge in [0.2, 0.25) is 0 Å². The minimum atomic E-state index is 0.727. The van der Waals surface area contributed by atoms with Crippen molar-refractivity contribution in [3.63, 3.8) is 0 Å². The van der Waals surface area contributed by atoms with E-state index in [-0.39, 0.29) is 0 Å². The Balaban J connectivity index is 0.000000197. The number of aryl methyl sites for hydroxylation is 3. The third kappa shape index (κ3) is 5.15. The summed E-state index contributed by atoms with van der Waals surface area (Å²) >= 11 is 0. The van der Waals surface area contributed by atoms with Gasteiger partial charge in [-0.15, -0.1) is 0 Å². The molecule has 0 spiro atoms. The molecule has 0 N–H and O–H groups in total. The van der Waals surface area contributed by atoms with Gasteiger partial charge in [-0.25, -0.2) is 15.0 Å². The van der Waals surface area contributed by atoms with Gasteiger partial charge in [0.05, 0.1) is 6.20 Å². The molecule has 0 radical (unpaired) electrons. The van der Waals surface area contributed by atoms with Crippen LogP contribution in [0.4, 0.5) is 0 Å². The average molecular weight is 365 g/mol. The maximum absolute atomic E-state index is 4.48. The zero-order chi connectivity index (χ0) is 19.2. The molecule has 0 aromatic carbocycles. The number of fused-ring (bicyclic) bond motifs is 1. The standard InChI is InChI=1S/C14H14N4.C9H18/c1-9-4-5-13-15-7-12(18(13)8-9)14-16-10(2)6-11(3)17-14;1-2-3-6-9-7-4-5-8-9/h4-8H,1-3H3;9H,2-8H2,1H3. The van der Waals surface area contributed by atoms with Crippen LogP contribution in [0.15, 0.2) is 30.6 Å². The molecule has 1 saturated carbocycles. The summed E-state index contributed by atoms with van der Waals surface area (Å²) in [6, 6.07) is 6.02. The molecule has 4 rings (SSSR count). The second-order valence-corrected chi connectivity index (χ2v) is 7.85. The van der Waals surface area contributed by atoms with E-state index in [9.17, 15) is 0 Å². The van der Waals surface area contributed by atoms with Crippen LogP contribution in [0, 0.1) is 26.7 Å². The number of imidazole rings is 1. The normalized spacial score (nSPS) is 14.4. The Hall–Kier alpha value is -2.23. The van der Waals surface area contributed by atoms with Gasteiger partial charge in [0.15, 0.2) is 5.82 Å². The first kappa shape index (κ1) is 19.5. The van der Waals surface area contributed by atoms with Crippen LogP contribution in [-0.2, 0) is 0 Å². The van der Waals surface area contributed by atoms with Crippen LogP contribution in [0.3, 0.4) is 0 Å². The third-order valence-corrected chi connectivity index (χ3v) is 5.31. The first-order valence-corrected chi connectivity index (χ1v) is 10.3. The van der Waals surface area contributed by atoms with Crippen molar-refractivity contribution in [1.82, 2.24) is 19.4 Å². The van der Waals surface area contributed by atoms with Gasteiger partial charge in [-0.1, -0.05) is 57.9 Å². The summed E-state index contributed by atoms with van der Waals surface area (Å²) in [7, 11) is 0. The van der Waals surface area contributed by atoms with E-state index in [1.807, 2.05) is 36.6 Å². The second-order valence-electron chi connectivity index (χ2n) is 7.85. The monoisotopic (exact) mass is 364 g/mol. The van der Waals surface area contributed by atoms with Crippen molar-refractivity contribution in [2.75, 3.05) is 0 Å². The highest BCUT2D eigenvalue weighted by Gasteiger charge is 2.13. The van der Waals surface area contributed by atoms with E-state index in [1.54, 1.807) is 0 Å². The van der Waals surface area contributed by atoms with Gasteiger partial charge in [0, 0.05) is 17.6 Å². The van der Waals surface area contributed by atoms with Crippen molar-refractivity contribution >= 4 is 5.65 Å². The minimum absolute atomic E-state index is 0.727. The molecule has 0 atom stereocenters. The van der Waals surface area contributed by atoms with Crippen LogP contribution in [0.2, 0.25) is 0 Å². The first-order valence-electron chi connectivity index (χ1n) is 10.3. The lowest BCUT2D eigenvalue weighted by Crippen LogP contribution is -1.97. The fraction of sp³-hybridized carbons (Fsp3) is 0.522. The molecule has 0 bridgehead atoms. The molecule has 1 fully saturated rings. The maximum Gasteiger partial charge on any atom is 0.178 e. The fourth-order valence-corrected chi connectivity index (χ4v) is 3.88. The lowest BCUT2D eigenvalue weighted by molar-refractivity contribution is 0.480. The molecule has 3 heterocycles. The van der Waals surface area contributed by atoms with Crippen molar-refractivity contribution in [3.05, 3.63) is 47.5 Å². The molecular formula is C23H32N4. The molecule has 4 nitrogen and oxygen atoms in total. The summed E-state index contributed by atoms with van der Waals surface area (Å²) in [6.45, 7) is 8.31. The van der Waals surface area contributed by atoms with E-state index < -0.39 is 0 Å². The van der Waals surface area contributed by atoms with Crippen molar-refractivity contribution in [2.45, 2.75) is 72.6 Å². The molecule has 0 amide bonds. The van der Waals surface area contributed by atoms with Crippen LogP contribution < -0.4 is 0 Å². The lowest BCUT2D eigenvalue weighted by Gasteiger charge is -2.05. The molecule has 3 aromatic heterocycles. The molecule has 4 heteroatoms. The second kappa shape index (κ2) is 9.12. The summed E-state index contributed by atoms with van der Waals surface area (Å²) in [5, 5.41) is 0. The number of hydrogen-bond donors (Lipinski definition) is 0. The zero-order valence-corrected chi connectivity index (χ0v) is 17.2. The van der Waals surface area contributed by atoms with Crippen LogP contribution in [0.25, 0.3) is 17.2 Å². The van der Waals surface area contributed by atoms with E-state index in [1.165, 1.54) is 50.5 Å². The molecule has 0 aliphatic heterocycles.